The standard InChI is InChI=1S/C10H19NO3/c1-9-8-11(3-2-10(9)13)4-6-14-7-5-12/h9,12H,2-8H2,1H3. The van der Waals surface area contributed by atoms with E-state index in [0.717, 1.165) is 19.6 Å². The third kappa shape index (κ3) is 3.74. The largest absolute Gasteiger partial charge is 0.394 e. The Bertz CT molecular complexity index is 184. The fourth-order valence-corrected chi connectivity index (χ4v) is 1.66. The number of likely N-dealkylation sites (tertiary alicyclic amines) is 1. The molecule has 0 saturated carbocycles. The van der Waals surface area contributed by atoms with E-state index in [0.29, 0.717) is 25.4 Å². The van der Waals surface area contributed by atoms with Crippen molar-refractivity contribution >= 4 is 5.78 Å². The summed E-state index contributed by atoms with van der Waals surface area (Å²) in [6.07, 6.45) is 0.668. The molecule has 0 bridgehead atoms. The quantitative estimate of drug-likeness (QED) is 0.631. The van der Waals surface area contributed by atoms with E-state index in [1.807, 2.05) is 6.92 Å². The monoisotopic (exact) mass is 201 g/mol. The zero-order chi connectivity index (χ0) is 10.4. The van der Waals surface area contributed by atoms with E-state index in [1.165, 1.54) is 0 Å². The number of nitrogens with zero attached hydrogens (tertiary/aromatic N) is 1. The predicted molar refractivity (Wildman–Crippen MR) is 53.1 cm³/mol. The van der Waals surface area contributed by atoms with Gasteiger partial charge in [-0.15, -0.1) is 0 Å². The Kier molecular flexibility index (Phi) is 5.07. The summed E-state index contributed by atoms with van der Waals surface area (Å²) in [6.45, 7) is 5.66. The molecule has 1 N–H and O–H groups in total. The molecule has 0 radical (unpaired) electrons. The SMILES string of the molecule is CC1CN(CCOCCO)CCC1=O. The minimum atomic E-state index is 0.0783. The van der Waals surface area contributed by atoms with Crippen LogP contribution in [-0.2, 0) is 9.53 Å². The highest BCUT2D eigenvalue weighted by Crippen LogP contribution is 2.11. The van der Waals surface area contributed by atoms with Gasteiger partial charge in [0.1, 0.15) is 5.78 Å². The summed E-state index contributed by atoms with van der Waals surface area (Å²) in [7, 11) is 0. The van der Waals surface area contributed by atoms with E-state index >= 15 is 0 Å². The molecule has 4 nitrogen and oxygen atoms in total. The highest BCUT2D eigenvalue weighted by molar-refractivity contribution is 5.81. The highest BCUT2D eigenvalue weighted by atomic mass is 16.5. The van der Waals surface area contributed by atoms with Crippen molar-refractivity contribution in [2.45, 2.75) is 13.3 Å². The molecule has 1 heterocycles. The summed E-state index contributed by atoms with van der Waals surface area (Å²) in [6, 6.07) is 0. The van der Waals surface area contributed by atoms with Crippen LogP contribution in [0.15, 0.2) is 0 Å². The number of Topliss-reactive ketones (excluding diaryl/α,β-unsaturated/α-hetero) is 1. The number of rotatable bonds is 5. The fourth-order valence-electron chi connectivity index (χ4n) is 1.66. The molecule has 14 heavy (non-hydrogen) atoms. The highest BCUT2D eigenvalue weighted by Gasteiger charge is 2.22. The minimum absolute atomic E-state index is 0.0783. The van der Waals surface area contributed by atoms with Gasteiger partial charge in [-0.2, -0.15) is 0 Å². The predicted octanol–water partition coefficient (Wildman–Crippen LogP) is -0.0938. The molecular formula is C10H19NO3. The number of hydrogen-bond donors (Lipinski definition) is 1. The maximum Gasteiger partial charge on any atom is 0.138 e. The van der Waals surface area contributed by atoms with Crippen LogP contribution < -0.4 is 0 Å². The average Bonchev–Trinajstić information content (AvgIpc) is 2.18. The lowest BCUT2D eigenvalue weighted by Crippen LogP contribution is -2.41. The molecule has 0 amide bonds. The first kappa shape index (κ1) is 11.6. The van der Waals surface area contributed by atoms with Gasteiger partial charge in [0.05, 0.1) is 19.8 Å². The first-order valence-electron chi connectivity index (χ1n) is 5.17. The Hall–Kier alpha value is -0.450. The van der Waals surface area contributed by atoms with Gasteiger partial charge in [-0.25, -0.2) is 0 Å². The van der Waals surface area contributed by atoms with Crippen molar-refractivity contribution in [2.24, 2.45) is 5.92 Å². The van der Waals surface area contributed by atoms with Crippen molar-refractivity contribution in [3.63, 3.8) is 0 Å². The first-order valence-corrected chi connectivity index (χ1v) is 5.17. The lowest BCUT2D eigenvalue weighted by atomic mass is 9.99. The molecule has 1 saturated heterocycles. The van der Waals surface area contributed by atoms with Crippen molar-refractivity contribution in [1.29, 1.82) is 0 Å². The number of carbonyl (C=O) groups is 1. The van der Waals surface area contributed by atoms with Crippen molar-refractivity contribution in [3.8, 4) is 0 Å². The molecule has 0 aromatic carbocycles. The van der Waals surface area contributed by atoms with Crippen molar-refractivity contribution in [1.82, 2.24) is 4.90 Å². The summed E-state index contributed by atoms with van der Waals surface area (Å²) < 4.78 is 5.17. The molecule has 4 heteroatoms. The Morgan fingerprint density at radius 3 is 3.00 bits per heavy atom. The molecule has 0 spiro atoms. The van der Waals surface area contributed by atoms with Crippen LogP contribution in [0, 0.1) is 5.92 Å². The average molecular weight is 201 g/mol. The van der Waals surface area contributed by atoms with Crippen LogP contribution in [0.5, 0.6) is 0 Å². The maximum absolute atomic E-state index is 11.2. The van der Waals surface area contributed by atoms with Crippen LogP contribution in [0.25, 0.3) is 0 Å². The van der Waals surface area contributed by atoms with Gasteiger partial charge < -0.3 is 9.84 Å². The molecule has 1 atom stereocenters. The lowest BCUT2D eigenvalue weighted by molar-refractivity contribution is -0.125. The Morgan fingerprint density at radius 2 is 2.36 bits per heavy atom. The van der Waals surface area contributed by atoms with Crippen molar-refractivity contribution < 1.29 is 14.6 Å². The molecular weight excluding hydrogens is 182 g/mol. The fraction of sp³-hybridized carbons (Fsp3) is 0.900. The smallest absolute Gasteiger partial charge is 0.138 e. The number of hydrogen-bond acceptors (Lipinski definition) is 4. The molecule has 1 aliphatic heterocycles. The van der Waals surface area contributed by atoms with Crippen LogP contribution >= 0.6 is 0 Å². The van der Waals surface area contributed by atoms with E-state index in [9.17, 15) is 4.79 Å². The van der Waals surface area contributed by atoms with Crippen LogP contribution in [0.4, 0.5) is 0 Å². The molecule has 1 unspecified atom stereocenters. The van der Waals surface area contributed by atoms with Gasteiger partial charge in [0.2, 0.25) is 0 Å². The van der Waals surface area contributed by atoms with Crippen LogP contribution in [-0.4, -0.2) is 55.2 Å². The van der Waals surface area contributed by atoms with E-state index in [-0.39, 0.29) is 12.5 Å². The van der Waals surface area contributed by atoms with Crippen LogP contribution in [0.1, 0.15) is 13.3 Å². The molecule has 0 aliphatic carbocycles. The summed E-state index contributed by atoms with van der Waals surface area (Å²) in [5.41, 5.74) is 0. The molecule has 1 aliphatic rings. The zero-order valence-electron chi connectivity index (χ0n) is 8.74. The maximum atomic E-state index is 11.2. The molecule has 82 valence electrons. The van der Waals surface area contributed by atoms with Gasteiger partial charge in [0.25, 0.3) is 0 Å². The molecule has 1 rings (SSSR count). The third-order valence-electron chi connectivity index (χ3n) is 2.54. The third-order valence-corrected chi connectivity index (χ3v) is 2.54. The van der Waals surface area contributed by atoms with Gasteiger partial charge in [-0.3, -0.25) is 9.69 Å². The first-order chi connectivity index (χ1) is 6.74. The van der Waals surface area contributed by atoms with E-state index < -0.39 is 0 Å². The number of ketones is 1. The van der Waals surface area contributed by atoms with Gasteiger partial charge >= 0.3 is 0 Å². The number of aliphatic hydroxyl groups excluding tert-OH is 1. The lowest BCUT2D eigenvalue weighted by Gasteiger charge is -2.29. The molecule has 1 fully saturated rings. The Labute approximate surface area is 84.8 Å². The second-order valence-electron chi connectivity index (χ2n) is 3.75. The zero-order valence-corrected chi connectivity index (χ0v) is 8.74. The summed E-state index contributed by atoms with van der Waals surface area (Å²) in [5.74, 6) is 0.541. The second kappa shape index (κ2) is 6.11. The van der Waals surface area contributed by atoms with E-state index in [4.69, 9.17) is 9.84 Å². The van der Waals surface area contributed by atoms with Gasteiger partial charge in [0.15, 0.2) is 0 Å². The minimum Gasteiger partial charge on any atom is -0.394 e. The van der Waals surface area contributed by atoms with Crippen molar-refractivity contribution in [2.75, 3.05) is 39.5 Å². The summed E-state index contributed by atoms with van der Waals surface area (Å²) >= 11 is 0. The molecule has 0 aromatic heterocycles. The van der Waals surface area contributed by atoms with Gasteiger partial charge in [0, 0.05) is 32.0 Å². The van der Waals surface area contributed by atoms with Gasteiger partial charge in [-0.05, 0) is 0 Å². The topological polar surface area (TPSA) is 49.8 Å². The van der Waals surface area contributed by atoms with Crippen molar-refractivity contribution in [3.05, 3.63) is 0 Å². The van der Waals surface area contributed by atoms with E-state index in [2.05, 4.69) is 4.90 Å². The Morgan fingerprint density at radius 1 is 1.57 bits per heavy atom. The van der Waals surface area contributed by atoms with Crippen LogP contribution in [0.2, 0.25) is 0 Å². The van der Waals surface area contributed by atoms with Gasteiger partial charge in [-0.1, -0.05) is 6.92 Å². The van der Waals surface area contributed by atoms with E-state index in [1.54, 1.807) is 0 Å². The molecule has 0 aromatic rings. The number of carbonyl (C=O) groups excluding carboxylic acids is 1. The van der Waals surface area contributed by atoms with Crippen LogP contribution in [0.3, 0.4) is 0 Å². The normalized spacial score (nSPS) is 24.1. The number of ether oxygens (including phenoxy) is 1. The Balaban J connectivity index is 2.10. The number of piperidine rings is 1. The summed E-state index contributed by atoms with van der Waals surface area (Å²) in [4.78, 5) is 13.5. The second-order valence-corrected chi connectivity index (χ2v) is 3.75. The summed E-state index contributed by atoms with van der Waals surface area (Å²) in [5, 5.41) is 8.50. The number of aliphatic hydroxyl groups is 1.